The van der Waals surface area contributed by atoms with Gasteiger partial charge in [-0.05, 0) is 55.5 Å². The number of hydrogen-bond acceptors (Lipinski definition) is 5. The summed E-state index contributed by atoms with van der Waals surface area (Å²) in [5.41, 5.74) is 1.31. The van der Waals surface area contributed by atoms with Gasteiger partial charge in [0.25, 0.3) is 5.91 Å². The summed E-state index contributed by atoms with van der Waals surface area (Å²) >= 11 is 1.27. The Bertz CT molecular complexity index is 892. The third kappa shape index (κ3) is 4.37. The van der Waals surface area contributed by atoms with Crippen LogP contribution in [-0.4, -0.2) is 18.0 Å². The molecule has 7 heteroatoms. The molecule has 26 heavy (non-hydrogen) atoms. The van der Waals surface area contributed by atoms with E-state index in [0.717, 1.165) is 5.75 Å². The van der Waals surface area contributed by atoms with Crippen LogP contribution in [-0.2, 0) is 6.61 Å². The van der Waals surface area contributed by atoms with Crippen LogP contribution in [0.2, 0.25) is 0 Å². The minimum Gasteiger partial charge on any atom is -0.497 e. The van der Waals surface area contributed by atoms with Crippen molar-refractivity contribution in [3.8, 4) is 11.5 Å². The smallest absolute Gasteiger partial charge is 0.267 e. The highest BCUT2D eigenvalue weighted by molar-refractivity contribution is 7.13. The topological polar surface area (TPSA) is 60.5 Å². The lowest BCUT2D eigenvalue weighted by Crippen LogP contribution is -2.11. The number of hydrogen-bond donors (Lipinski definition) is 1. The molecule has 0 fully saturated rings. The first kappa shape index (κ1) is 17.9. The fraction of sp³-hybridized carbons (Fsp3) is 0.158. The number of aryl methyl sites for hydroxylation is 1. The molecule has 0 saturated heterocycles. The Kier molecular flexibility index (Phi) is 5.48. The van der Waals surface area contributed by atoms with Gasteiger partial charge in [-0.15, -0.1) is 11.3 Å². The van der Waals surface area contributed by atoms with Crippen molar-refractivity contribution in [2.75, 3.05) is 12.4 Å². The van der Waals surface area contributed by atoms with Crippen LogP contribution in [0.5, 0.6) is 11.5 Å². The number of carbonyl (C=O) groups is 1. The van der Waals surface area contributed by atoms with Gasteiger partial charge < -0.3 is 14.8 Å². The third-order valence-electron chi connectivity index (χ3n) is 3.57. The second-order valence-corrected chi connectivity index (χ2v) is 6.53. The van der Waals surface area contributed by atoms with Crippen LogP contribution < -0.4 is 14.8 Å². The van der Waals surface area contributed by atoms with Gasteiger partial charge in [0.05, 0.1) is 12.8 Å². The highest BCUT2D eigenvalue weighted by Crippen LogP contribution is 2.22. The maximum atomic E-state index is 12.9. The molecule has 0 aliphatic heterocycles. The molecular formula is C19H17FN2O3S. The molecule has 3 rings (SSSR count). The molecule has 1 heterocycles. The highest BCUT2D eigenvalue weighted by atomic mass is 32.1. The van der Waals surface area contributed by atoms with Crippen LogP contribution in [0.15, 0.2) is 48.5 Å². The summed E-state index contributed by atoms with van der Waals surface area (Å²) in [4.78, 5) is 17.4. The van der Waals surface area contributed by atoms with Crippen molar-refractivity contribution in [2.45, 2.75) is 13.5 Å². The number of rotatable bonds is 6. The van der Waals surface area contributed by atoms with Gasteiger partial charge >= 0.3 is 0 Å². The van der Waals surface area contributed by atoms with Crippen LogP contribution in [0.25, 0.3) is 0 Å². The Hall–Kier alpha value is -2.93. The average molecular weight is 372 g/mol. The second-order valence-electron chi connectivity index (χ2n) is 5.45. The fourth-order valence-corrected chi connectivity index (χ4v) is 3.14. The summed E-state index contributed by atoms with van der Waals surface area (Å²) in [5, 5.41) is 3.51. The predicted octanol–water partition coefficient (Wildman–Crippen LogP) is 4.43. The lowest BCUT2D eigenvalue weighted by atomic mass is 10.3. The van der Waals surface area contributed by atoms with E-state index in [-0.39, 0.29) is 18.3 Å². The third-order valence-corrected chi connectivity index (χ3v) is 4.70. The molecule has 5 nitrogen and oxygen atoms in total. The Morgan fingerprint density at radius 2 is 1.77 bits per heavy atom. The molecule has 134 valence electrons. The number of methoxy groups -OCH3 is 1. The van der Waals surface area contributed by atoms with E-state index in [9.17, 15) is 9.18 Å². The number of thiazole rings is 1. The predicted molar refractivity (Wildman–Crippen MR) is 98.5 cm³/mol. The quantitative estimate of drug-likeness (QED) is 0.695. The highest BCUT2D eigenvalue weighted by Gasteiger charge is 2.16. The lowest BCUT2D eigenvalue weighted by Gasteiger charge is -2.05. The summed E-state index contributed by atoms with van der Waals surface area (Å²) < 4.78 is 23.6. The molecule has 2 aromatic carbocycles. The number of halogens is 1. The minimum absolute atomic E-state index is 0.215. The van der Waals surface area contributed by atoms with Crippen LogP contribution >= 0.6 is 11.3 Å². The normalized spacial score (nSPS) is 10.4. The number of amides is 1. The number of carbonyl (C=O) groups excluding carboxylic acids is 1. The number of nitrogens with zero attached hydrogens (tertiary/aromatic N) is 1. The van der Waals surface area contributed by atoms with E-state index in [1.165, 1.54) is 23.5 Å². The maximum Gasteiger partial charge on any atom is 0.267 e. The van der Waals surface area contributed by atoms with Crippen molar-refractivity contribution >= 4 is 22.9 Å². The van der Waals surface area contributed by atoms with Crippen molar-refractivity contribution in [1.29, 1.82) is 0 Å². The molecule has 0 bridgehead atoms. The van der Waals surface area contributed by atoms with Gasteiger partial charge in [0.2, 0.25) is 0 Å². The van der Waals surface area contributed by atoms with Crippen molar-refractivity contribution in [3.05, 3.63) is 69.9 Å². The second kappa shape index (κ2) is 7.97. The molecular weight excluding hydrogens is 355 g/mol. The van der Waals surface area contributed by atoms with Gasteiger partial charge in [0.15, 0.2) is 0 Å². The maximum absolute atomic E-state index is 12.9. The van der Waals surface area contributed by atoms with Crippen molar-refractivity contribution < 1.29 is 18.7 Å². The standard InChI is InChI=1S/C19H17FN2O3S/c1-12-18(19(23)22-14-5-9-15(24-2)10-6-14)26-17(21-12)11-25-16-7-3-13(20)4-8-16/h3-10H,11H2,1-2H3,(H,22,23). The fourth-order valence-electron chi connectivity index (χ4n) is 2.26. The summed E-state index contributed by atoms with van der Waals surface area (Å²) in [5.74, 6) is 0.721. The van der Waals surface area contributed by atoms with Crippen LogP contribution in [0.3, 0.4) is 0 Å². The van der Waals surface area contributed by atoms with Gasteiger partial charge in [0.1, 0.15) is 33.8 Å². The zero-order chi connectivity index (χ0) is 18.5. The molecule has 0 unspecified atom stereocenters. The monoisotopic (exact) mass is 372 g/mol. The first-order valence-corrected chi connectivity index (χ1v) is 8.67. The van der Waals surface area contributed by atoms with Gasteiger partial charge in [-0.2, -0.15) is 0 Å². The number of nitrogens with one attached hydrogen (secondary N) is 1. The van der Waals surface area contributed by atoms with E-state index < -0.39 is 0 Å². The first-order valence-electron chi connectivity index (χ1n) is 7.85. The van der Waals surface area contributed by atoms with E-state index in [0.29, 0.717) is 27.0 Å². The molecule has 1 amide bonds. The van der Waals surface area contributed by atoms with E-state index in [1.807, 2.05) is 0 Å². The summed E-state index contributed by atoms with van der Waals surface area (Å²) in [6.07, 6.45) is 0. The first-order chi connectivity index (χ1) is 12.5. The van der Waals surface area contributed by atoms with E-state index in [1.54, 1.807) is 50.4 Å². The Labute approximate surface area is 154 Å². The Morgan fingerprint density at radius 3 is 2.42 bits per heavy atom. The molecule has 0 aliphatic carbocycles. The van der Waals surface area contributed by atoms with Crippen LogP contribution in [0.1, 0.15) is 20.4 Å². The number of aromatic nitrogens is 1. The van der Waals surface area contributed by atoms with Crippen molar-refractivity contribution in [3.63, 3.8) is 0 Å². The Balaban J connectivity index is 1.64. The molecule has 1 aromatic heterocycles. The largest absolute Gasteiger partial charge is 0.497 e. The van der Waals surface area contributed by atoms with Gasteiger partial charge in [0, 0.05) is 5.69 Å². The van der Waals surface area contributed by atoms with Gasteiger partial charge in [-0.3, -0.25) is 4.79 Å². The SMILES string of the molecule is COc1ccc(NC(=O)c2sc(COc3ccc(F)cc3)nc2C)cc1. The van der Waals surface area contributed by atoms with E-state index >= 15 is 0 Å². The minimum atomic E-state index is -0.320. The van der Waals surface area contributed by atoms with Crippen molar-refractivity contribution in [2.24, 2.45) is 0 Å². The van der Waals surface area contributed by atoms with Crippen molar-refractivity contribution in [1.82, 2.24) is 4.98 Å². The zero-order valence-corrected chi connectivity index (χ0v) is 15.1. The van der Waals surface area contributed by atoms with E-state index in [4.69, 9.17) is 9.47 Å². The molecule has 0 saturated carbocycles. The molecule has 0 radical (unpaired) electrons. The summed E-state index contributed by atoms with van der Waals surface area (Å²) in [6.45, 7) is 1.99. The van der Waals surface area contributed by atoms with Crippen LogP contribution in [0, 0.1) is 12.7 Å². The number of ether oxygens (including phenoxy) is 2. The lowest BCUT2D eigenvalue weighted by molar-refractivity contribution is 0.103. The molecule has 0 aliphatic rings. The number of anilines is 1. The summed E-state index contributed by atoms with van der Waals surface area (Å²) in [6, 6.07) is 12.8. The van der Waals surface area contributed by atoms with E-state index in [2.05, 4.69) is 10.3 Å². The summed E-state index contributed by atoms with van der Waals surface area (Å²) in [7, 11) is 1.59. The molecule has 0 atom stereocenters. The van der Waals surface area contributed by atoms with Crippen LogP contribution in [0.4, 0.5) is 10.1 Å². The molecule has 0 spiro atoms. The average Bonchev–Trinajstić information content (AvgIpc) is 3.03. The zero-order valence-electron chi connectivity index (χ0n) is 14.3. The van der Waals surface area contributed by atoms with Gasteiger partial charge in [-0.25, -0.2) is 9.37 Å². The molecule has 3 aromatic rings. The number of benzene rings is 2. The molecule has 1 N–H and O–H groups in total. The Morgan fingerprint density at radius 1 is 1.12 bits per heavy atom. The van der Waals surface area contributed by atoms with Gasteiger partial charge in [-0.1, -0.05) is 0 Å².